The van der Waals surface area contributed by atoms with Gasteiger partial charge in [0.1, 0.15) is 11.9 Å². The van der Waals surface area contributed by atoms with Crippen LogP contribution in [0.25, 0.3) is 0 Å². The van der Waals surface area contributed by atoms with E-state index in [1.807, 2.05) is 0 Å². The fourth-order valence-corrected chi connectivity index (χ4v) is 2.74. The molecule has 0 bridgehead atoms. The van der Waals surface area contributed by atoms with Crippen molar-refractivity contribution in [1.82, 2.24) is 9.58 Å². The lowest BCUT2D eigenvalue weighted by atomic mass is 10.1. The van der Waals surface area contributed by atoms with Crippen molar-refractivity contribution in [1.29, 1.82) is 0 Å². The van der Waals surface area contributed by atoms with Crippen LogP contribution in [0.1, 0.15) is 22.5 Å². The molecule has 0 radical (unpaired) electrons. The van der Waals surface area contributed by atoms with E-state index in [-0.39, 0.29) is 36.0 Å². The lowest BCUT2D eigenvalue weighted by Gasteiger charge is -2.41. The number of hydrogen-bond donors (Lipinski definition) is 1. The van der Waals surface area contributed by atoms with E-state index in [4.69, 9.17) is 4.74 Å². The zero-order chi connectivity index (χ0) is 15.7. The summed E-state index contributed by atoms with van der Waals surface area (Å²) >= 11 is 0. The van der Waals surface area contributed by atoms with Crippen LogP contribution in [0.4, 0.5) is 0 Å². The molecule has 1 unspecified atom stereocenters. The number of carbonyl (C=O) groups is 2. The summed E-state index contributed by atoms with van der Waals surface area (Å²) in [5, 5.41) is 0. The molecule has 0 spiro atoms. The molecule has 1 atom stereocenters. The van der Waals surface area contributed by atoms with Crippen LogP contribution in [0.5, 0.6) is 0 Å². The Kier molecular flexibility index (Phi) is 3.84. The molecule has 1 amide bonds. The summed E-state index contributed by atoms with van der Waals surface area (Å²) in [7, 11) is 1.29. The first-order valence-electron chi connectivity index (χ1n) is 7.08. The third-order valence-corrected chi connectivity index (χ3v) is 3.89. The number of nitrogens with zero attached hydrogens (tertiary/aromatic N) is 2. The monoisotopic (exact) mass is 307 g/mol. The Labute approximate surface area is 126 Å². The average Bonchev–Trinajstić information content (AvgIpc) is 2.54. The maximum Gasteiger partial charge on any atom is 0.305 e. The maximum absolute atomic E-state index is 12.7. The van der Waals surface area contributed by atoms with Crippen molar-refractivity contribution in [3.8, 4) is 0 Å². The molecule has 1 saturated heterocycles. The van der Waals surface area contributed by atoms with E-state index < -0.39 is 5.97 Å². The highest BCUT2D eigenvalue weighted by atomic mass is 16.5. The SMILES string of the molecule is COC(=O)CCc1c2n(ccc1=O)NC1COCCN1C2=O. The van der Waals surface area contributed by atoms with Crippen molar-refractivity contribution in [3.05, 3.63) is 33.7 Å². The number of hydrogen-bond acceptors (Lipinski definition) is 6. The Morgan fingerprint density at radius 3 is 3.09 bits per heavy atom. The Balaban J connectivity index is 1.97. The van der Waals surface area contributed by atoms with Gasteiger partial charge in [-0.05, 0) is 6.42 Å². The fraction of sp³-hybridized carbons (Fsp3) is 0.500. The second kappa shape index (κ2) is 5.80. The van der Waals surface area contributed by atoms with Crippen molar-refractivity contribution in [2.45, 2.75) is 19.0 Å². The molecule has 2 aliphatic rings. The topological polar surface area (TPSA) is 89.9 Å². The summed E-state index contributed by atoms with van der Waals surface area (Å²) in [4.78, 5) is 37.8. The van der Waals surface area contributed by atoms with Gasteiger partial charge in [0.05, 0.1) is 20.3 Å². The smallest absolute Gasteiger partial charge is 0.305 e. The number of esters is 1. The third kappa shape index (κ3) is 2.45. The van der Waals surface area contributed by atoms with E-state index in [1.54, 1.807) is 9.58 Å². The van der Waals surface area contributed by atoms with Gasteiger partial charge >= 0.3 is 5.97 Å². The number of ether oxygens (including phenoxy) is 2. The molecule has 2 aliphatic heterocycles. The number of morpholine rings is 1. The standard InChI is InChI=1S/C14H17N3O5/c1-21-12(19)3-2-9-10(18)4-5-17-13(9)14(20)16-6-7-22-8-11(16)15-17/h4-5,11,15H,2-3,6-8H2,1H3. The van der Waals surface area contributed by atoms with Crippen molar-refractivity contribution in [2.75, 3.05) is 32.3 Å². The van der Waals surface area contributed by atoms with Crippen LogP contribution in [0.2, 0.25) is 0 Å². The lowest BCUT2D eigenvalue weighted by molar-refractivity contribution is -0.140. The summed E-state index contributed by atoms with van der Waals surface area (Å²) in [6, 6.07) is 1.38. The van der Waals surface area contributed by atoms with Gasteiger partial charge < -0.3 is 19.8 Å². The Morgan fingerprint density at radius 1 is 1.50 bits per heavy atom. The van der Waals surface area contributed by atoms with Gasteiger partial charge in [0, 0.05) is 30.8 Å². The number of nitrogens with one attached hydrogen (secondary N) is 1. The molecular formula is C14H17N3O5. The maximum atomic E-state index is 12.7. The summed E-state index contributed by atoms with van der Waals surface area (Å²) < 4.78 is 11.5. The molecule has 22 heavy (non-hydrogen) atoms. The first-order chi connectivity index (χ1) is 10.6. The molecule has 8 heteroatoms. The quantitative estimate of drug-likeness (QED) is 0.744. The number of methoxy groups -OCH3 is 1. The van der Waals surface area contributed by atoms with Gasteiger partial charge in [0.15, 0.2) is 5.43 Å². The Hall–Kier alpha value is -2.35. The van der Waals surface area contributed by atoms with Gasteiger partial charge in [0.2, 0.25) is 0 Å². The second-order valence-corrected chi connectivity index (χ2v) is 5.17. The molecule has 0 aromatic carbocycles. The predicted octanol–water partition coefficient (Wildman–Crippen LogP) is -0.690. The van der Waals surface area contributed by atoms with E-state index in [0.717, 1.165) is 0 Å². The fourth-order valence-electron chi connectivity index (χ4n) is 2.74. The molecule has 8 nitrogen and oxygen atoms in total. The highest BCUT2D eigenvalue weighted by molar-refractivity contribution is 5.95. The highest BCUT2D eigenvalue weighted by Gasteiger charge is 2.36. The summed E-state index contributed by atoms with van der Waals surface area (Å²) in [5.41, 5.74) is 3.50. The third-order valence-electron chi connectivity index (χ3n) is 3.89. The van der Waals surface area contributed by atoms with Crippen LogP contribution in [0, 0.1) is 0 Å². The second-order valence-electron chi connectivity index (χ2n) is 5.17. The minimum absolute atomic E-state index is 0.0581. The zero-order valence-corrected chi connectivity index (χ0v) is 12.2. The van der Waals surface area contributed by atoms with Crippen molar-refractivity contribution < 1.29 is 19.1 Å². The van der Waals surface area contributed by atoms with Crippen LogP contribution in [-0.2, 0) is 20.7 Å². The molecule has 118 valence electrons. The number of pyridine rings is 1. The van der Waals surface area contributed by atoms with E-state index in [2.05, 4.69) is 10.2 Å². The predicted molar refractivity (Wildman–Crippen MR) is 76.0 cm³/mol. The van der Waals surface area contributed by atoms with Gasteiger partial charge in [-0.25, -0.2) is 0 Å². The first kappa shape index (κ1) is 14.6. The van der Waals surface area contributed by atoms with E-state index in [0.29, 0.717) is 25.3 Å². The Bertz CT molecular complexity index is 669. The van der Waals surface area contributed by atoms with E-state index in [9.17, 15) is 14.4 Å². The number of carbonyl (C=O) groups excluding carboxylic acids is 2. The highest BCUT2D eigenvalue weighted by Crippen LogP contribution is 2.19. The lowest BCUT2D eigenvalue weighted by Crippen LogP contribution is -2.59. The van der Waals surface area contributed by atoms with Gasteiger partial charge in [-0.15, -0.1) is 0 Å². The number of rotatable bonds is 3. The normalized spacial score (nSPS) is 20.0. The van der Waals surface area contributed by atoms with Crippen molar-refractivity contribution in [2.24, 2.45) is 0 Å². The first-order valence-corrected chi connectivity index (χ1v) is 7.08. The van der Waals surface area contributed by atoms with Crippen molar-refractivity contribution >= 4 is 11.9 Å². The van der Waals surface area contributed by atoms with Crippen LogP contribution >= 0.6 is 0 Å². The molecule has 1 N–H and O–H groups in total. The minimum Gasteiger partial charge on any atom is -0.469 e. The van der Waals surface area contributed by atoms with Crippen LogP contribution in [-0.4, -0.2) is 54.5 Å². The molecule has 0 aliphatic carbocycles. The average molecular weight is 307 g/mol. The molecule has 0 saturated carbocycles. The van der Waals surface area contributed by atoms with Crippen LogP contribution in [0.15, 0.2) is 17.1 Å². The van der Waals surface area contributed by atoms with Gasteiger partial charge in [-0.3, -0.25) is 19.1 Å². The Morgan fingerprint density at radius 2 is 2.32 bits per heavy atom. The molecule has 3 rings (SSSR count). The van der Waals surface area contributed by atoms with Crippen LogP contribution in [0.3, 0.4) is 0 Å². The molecular weight excluding hydrogens is 290 g/mol. The number of fused-ring (bicyclic) bond motifs is 2. The van der Waals surface area contributed by atoms with E-state index >= 15 is 0 Å². The number of amides is 1. The minimum atomic E-state index is -0.414. The van der Waals surface area contributed by atoms with Gasteiger partial charge in [0.25, 0.3) is 5.91 Å². The summed E-state index contributed by atoms with van der Waals surface area (Å²) in [5.74, 6) is -0.632. The van der Waals surface area contributed by atoms with Crippen molar-refractivity contribution in [3.63, 3.8) is 0 Å². The molecule has 1 aromatic rings. The number of aromatic nitrogens is 1. The molecule has 3 heterocycles. The van der Waals surface area contributed by atoms with Gasteiger partial charge in [-0.1, -0.05) is 0 Å². The van der Waals surface area contributed by atoms with Gasteiger partial charge in [-0.2, -0.15) is 0 Å². The summed E-state index contributed by atoms with van der Waals surface area (Å²) in [6.45, 7) is 1.34. The van der Waals surface area contributed by atoms with E-state index in [1.165, 1.54) is 19.4 Å². The zero-order valence-electron chi connectivity index (χ0n) is 12.2. The molecule has 1 aromatic heterocycles. The van der Waals surface area contributed by atoms with Crippen LogP contribution < -0.4 is 10.9 Å². The largest absolute Gasteiger partial charge is 0.469 e. The summed E-state index contributed by atoms with van der Waals surface area (Å²) in [6.07, 6.45) is 1.51. The molecule has 1 fully saturated rings.